The molecule has 8 heteroatoms. The van der Waals surface area contributed by atoms with Crippen molar-refractivity contribution < 1.29 is 19.2 Å². The first-order valence-electron chi connectivity index (χ1n) is 8.48. The Morgan fingerprint density at radius 3 is 2.62 bits per heavy atom. The van der Waals surface area contributed by atoms with E-state index in [4.69, 9.17) is 5.73 Å². The summed E-state index contributed by atoms with van der Waals surface area (Å²) in [6.45, 7) is 2.97. The highest BCUT2D eigenvalue weighted by Crippen LogP contribution is 2.21. The van der Waals surface area contributed by atoms with Crippen LogP contribution in [0.5, 0.6) is 0 Å². The number of imide groups is 1. The summed E-state index contributed by atoms with van der Waals surface area (Å²) in [7, 11) is 1.41. The van der Waals surface area contributed by atoms with E-state index < -0.39 is 17.9 Å². The third-order valence-corrected chi connectivity index (χ3v) is 4.05. The number of hydrogen-bond acceptors (Lipinski definition) is 6. The van der Waals surface area contributed by atoms with Gasteiger partial charge in [0.25, 0.3) is 5.91 Å². The van der Waals surface area contributed by atoms with Crippen LogP contribution in [0.1, 0.15) is 35.2 Å². The standard InChI is InChI=1S/C18H26N4O4/c1-13-14(6-3-7-15(13)21-10-5-9-19)18(26)22(12-24)16(8-4-11-23)17(25)20-2/h3,6-7,11-12,16,21H,4-5,8-10,19H2,1-2H3,(H,20,25). The second-order valence-electron chi connectivity index (χ2n) is 5.74. The number of aldehydes is 1. The van der Waals surface area contributed by atoms with Crippen LogP contribution in [-0.2, 0) is 14.4 Å². The highest BCUT2D eigenvalue weighted by Gasteiger charge is 2.30. The first-order valence-corrected chi connectivity index (χ1v) is 8.48. The number of nitrogens with two attached hydrogens (primary N) is 1. The number of rotatable bonds is 11. The van der Waals surface area contributed by atoms with Crippen molar-refractivity contribution in [2.75, 3.05) is 25.5 Å². The molecule has 0 saturated carbocycles. The van der Waals surface area contributed by atoms with Crippen LogP contribution in [0.2, 0.25) is 0 Å². The predicted molar refractivity (Wildman–Crippen MR) is 98.7 cm³/mol. The molecule has 0 radical (unpaired) electrons. The van der Waals surface area contributed by atoms with Crippen LogP contribution < -0.4 is 16.4 Å². The van der Waals surface area contributed by atoms with Gasteiger partial charge in [0.05, 0.1) is 0 Å². The summed E-state index contributed by atoms with van der Waals surface area (Å²) in [5.41, 5.74) is 7.23. The summed E-state index contributed by atoms with van der Waals surface area (Å²) in [4.78, 5) is 48.0. The van der Waals surface area contributed by atoms with E-state index in [1.54, 1.807) is 19.1 Å². The van der Waals surface area contributed by atoms with Crippen LogP contribution >= 0.6 is 0 Å². The molecule has 26 heavy (non-hydrogen) atoms. The molecule has 1 unspecified atom stereocenters. The number of nitrogens with one attached hydrogen (secondary N) is 2. The molecule has 142 valence electrons. The van der Waals surface area contributed by atoms with Gasteiger partial charge in [-0.3, -0.25) is 19.3 Å². The average molecular weight is 362 g/mol. The average Bonchev–Trinajstić information content (AvgIpc) is 2.65. The number of nitrogens with zero attached hydrogens (tertiary/aromatic N) is 1. The molecule has 1 aromatic rings. The Morgan fingerprint density at radius 2 is 2.04 bits per heavy atom. The molecule has 0 heterocycles. The Bertz CT molecular complexity index is 648. The van der Waals surface area contributed by atoms with Crippen molar-refractivity contribution in [1.29, 1.82) is 0 Å². The maximum atomic E-state index is 12.9. The zero-order chi connectivity index (χ0) is 19.5. The highest BCUT2D eigenvalue weighted by molar-refractivity contribution is 6.04. The Hall–Kier alpha value is -2.74. The Kier molecular flexibility index (Phi) is 9.00. The molecule has 1 aromatic carbocycles. The second-order valence-corrected chi connectivity index (χ2v) is 5.74. The molecule has 3 amide bonds. The monoisotopic (exact) mass is 362 g/mol. The van der Waals surface area contributed by atoms with Crippen molar-refractivity contribution in [3.8, 4) is 0 Å². The van der Waals surface area contributed by atoms with Crippen LogP contribution in [0.3, 0.4) is 0 Å². The topological polar surface area (TPSA) is 122 Å². The van der Waals surface area contributed by atoms with Crippen molar-refractivity contribution in [2.24, 2.45) is 5.73 Å². The number of carbonyl (C=O) groups is 4. The molecule has 0 fully saturated rings. The Balaban J connectivity index is 3.13. The summed E-state index contributed by atoms with van der Waals surface area (Å²) in [5.74, 6) is -1.08. The second kappa shape index (κ2) is 11.0. The van der Waals surface area contributed by atoms with Crippen molar-refractivity contribution in [3.63, 3.8) is 0 Å². The van der Waals surface area contributed by atoms with E-state index in [-0.39, 0.29) is 12.8 Å². The molecular formula is C18H26N4O4. The van der Waals surface area contributed by atoms with Gasteiger partial charge in [-0.05, 0) is 44.0 Å². The molecular weight excluding hydrogens is 336 g/mol. The molecule has 1 rings (SSSR count). The van der Waals surface area contributed by atoms with Gasteiger partial charge >= 0.3 is 0 Å². The van der Waals surface area contributed by atoms with Crippen molar-refractivity contribution in [1.82, 2.24) is 10.2 Å². The third-order valence-electron chi connectivity index (χ3n) is 4.05. The Labute approximate surface area is 153 Å². The van der Waals surface area contributed by atoms with Gasteiger partial charge in [-0.2, -0.15) is 0 Å². The fourth-order valence-electron chi connectivity index (χ4n) is 2.57. The van der Waals surface area contributed by atoms with E-state index in [2.05, 4.69) is 10.6 Å². The van der Waals surface area contributed by atoms with Crippen LogP contribution in [-0.4, -0.2) is 55.6 Å². The maximum absolute atomic E-state index is 12.9. The fourth-order valence-corrected chi connectivity index (χ4v) is 2.57. The lowest BCUT2D eigenvalue weighted by atomic mass is 10.0. The van der Waals surface area contributed by atoms with Crippen molar-refractivity contribution in [2.45, 2.75) is 32.2 Å². The van der Waals surface area contributed by atoms with Gasteiger partial charge in [-0.15, -0.1) is 0 Å². The summed E-state index contributed by atoms with van der Waals surface area (Å²) >= 11 is 0. The summed E-state index contributed by atoms with van der Waals surface area (Å²) in [5, 5.41) is 5.62. The number of hydrogen-bond donors (Lipinski definition) is 3. The summed E-state index contributed by atoms with van der Waals surface area (Å²) in [6.07, 6.45) is 1.90. The van der Waals surface area contributed by atoms with Gasteiger partial charge in [0.15, 0.2) is 0 Å². The molecule has 0 bridgehead atoms. The van der Waals surface area contributed by atoms with E-state index in [1.807, 2.05) is 6.07 Å². The molecule has 0 aromatic heterocycles. The van der Waals surface area contributed by atoms with Gasteiger partial charge in [0, 0.05) is 31.3 Å². The number of likely N-dealkylation sites (N-methyl/N-ethyl adjacent to an activating group) is 1. The van der Waals surface area contributed by atoms with E-state index >= 15 is 0 Å². The lowest BCUT2D eigenvalue weighted by Crippen LogP contribution is -2.48. The Morgan fingerprint density at radius 1 is 1.31 bits per heavy atom. The molecule has 0 saturated heterocycles. The van der Waals surface area contributed by atoms with Crippen LogP contribution in [0.4, 0.5) is 5.69 Å². The molecule has 0 spiro atoms. The SMILES string of the molecule is CNC(=O)C(CCC=O)N(C=O)C(=O)c1cccc(NCCCN)c1C. The lowest BCUT2D eigenvalue weighted by Gasteiger charge is -2.25. The van der Waals surface area contributed by atoms with Gasteiger partial charge in [-0.1, -0.05) is 6.07 Å². The normalized spacial score (nSPS) is 11.3. The van der Waals surface area contributed by atoms with E-state index in [0.717, 1.165) is 17.0 Å². The fraction of sp³-hybridized carbons (Fsp3) is 0.444. The molecule has 1 atom stereocenters. The first kappa shape index (κ1) is 21.3. The van der Waals surface area contributed by atoms with Crippen molar-refractivity contribution in [3.05, 3.63) is 29.3 Å². The van der Waals surface area contributed by atoms with E-state index in [1.165, 1.54) is 7.05 Å². The minimum absolute atomic E-state index is 0.0649. The zero-order valence-corrected chi connectivity index (χ0v) is 15.2. The largest absolute Gasteiger partial charge is 0.385 e. The third kappa shape index (κ3) is 5.38. The van der Waals surface area contributed by atoms with Crippen LogP contribution in [0.25, 0.3) is 0 Å². The molecule has 0 aliphatic carbocycles. The summed E-state index contributed by atoms with van der Waals surface area (Å²) in [6, 6.07) is 4.09. The molecule has 8 nitrogen and oxygen atoms in total. The van der Waals surface area contributed by atoms with Gasteiger partial charge in [-0.25, -0.2) is 0 Å². The smallest absolute Gasteiger partial charge is 0.261 e. The molecule has 0 aliphatic heterocycles. The number of carbonyl (C=O) groups excluding carboxylic acids is 4. The predicted octanol–water partition coefficient (Wildman–Crippen LogP) is 0.448. The molecule has 0 aliphatic rings. The number of anilines is 1. The van der Waals surface area contributed by atoms with Crippen LogP contribution in [0.15, 0.2) is 18.2 Å². The van der Waals surface area contributed by atoms with Gasteiger partial charge in [0.1, 0.15) is 12.3 Å². The minimum Gasteiger partial charge on any atom is -0.385 e. The number of amides is 3. The van der Waals surface area contributed by atoms with Crippen LogP contribution in [0, 0.1) is 6.92 Å². The van der Waals surface area contributed by atoms with E-state index in [9.17, 15) is 19.2 Å². The van der Waals surface area contributed by atoms with Gasteiger partial charge in [0.2, 0.25) is 12.3 Å². The minimum atomic E-state index is -1.04. The molecule has 4 N–H and O–H groups in total. The maximum Gasteiger partial charge on any atom is 0.261 e. The summed E-state index contributed by atoms with van der Waals surface area (Å²) < 4.78 is 0. The zero-order valence-electron chi connectivity index (χ0n) is 15.2. The van der Waals surface area contributed by atoms with Crippen molar-refractivity contribution >= 4 is 30.2 Å². The highest BCUT2D eigenvalue weighted by atomic mass is 16.2. The quantitative estimate of drug-likeness (QED) is 0.388. The number of benzene rings is 1. The lowest BCUT2D eigenvalue weighted by molar-refractivity contribution is -0.131. The first-order chi connectivity index (χ1) is 12.5. The van der Waals surface area contributed by atoms with Gasteiger partial charge < -0.3 is 21.2 Å². The van der Waals surface area contributed by atoms with E-state index in [0.29, 0.717) is 36.9 Å².